The van der Waals surface area contributed by atoms with E-state index in [-0.39, 0.29) is 27.4 Å². The summed E-state index contributed by atoms with van der Waals surface area (Å²) in [4.78, 5) is 24.5. The Kier molecular flexibility index (Phi) is 8.89. The van der Waals surface area contributed by atoms with Gasteiger partial charge in [-0.1, -0.05) is 72.8 Å². The fraction of sp³-hybridized carbons (Fsp3) is 0.310. The van der Waals surface area contributed by atoms with Gasteiger partial charge in [-0.05, 0) is 41.7 Å². The van der Waals surface area contributed by atoms with Crippen LogP contribution >= 0.6 is 8.46 Å². The summed E-state index contributed by atoms with van der Waals surface area (Å²) in [6.45, 7) is 4.23. The van der Waals surface area contributed by atoms with Crippen molar-refractivity contribution in [3.8, 4) is 11.1 Å². The predicted molar refractivity (Wildman–Crippen MR) is 142 cm³/mol. The van der Waals surface area contributed by atoms with Crippen LogP contribution in [-0.2, 0) is 35.5 Å². The van der Waals surface area contributed by atoms with Gasteiger partial charge in [0.15, 0.2) is 0 Å². The van der Waals surface area contributed by atoms with E-state index in [1.54, 1.807) is 38.1 Å². The molecule has 198 valence electrons. The second-order valence-electron chi connectivity index (χ2n) is 8.80. The van der Waals surface area contributed by atoms with Crippen LogP contribution in [0.5, 0.6) is 0 Å². The van der Waals surface area contributed by atoms with Crippen molar-refractivity contribution in [2.24, 2.45) is 0 Å². The lowest BCUT2D eigenvalue weighted by molar-refractivity contribution is -0.176. The molecule has 0 saturated heterocycles. The maximum Gasteiger partial charge on any atom is 0.407 e. The van der Waals surface area contributed by atoms with E-state index in [1.165, 1.54) is 0 Å². The highest BCUT2D eigenvalue weighted by atomic mass is 31.1. The smallest absolute Gasteiger partial charge is 0.407 e. The van der Waals surface area contributed by atoms with Gasteiger partial charge in [0.25, 0.3) is 5.53 Å². The second kappa shape index (κ2) is 12.3. The summed E-state index contributed by atoms with van der Waals surface area (Å²) >= 11 is 0. The zero-order chi connectivity index (χ0) is 27.1. The minimum atomic E-state index is -1.42. The lowest BCUT2D eigenvalue weighted by atomic mass is 9.98. The van der Waals surface area contributed by atoms with Crippen LogP contribution in [-0.4, -0.2) is 43.0 Å². The SMILES string of the molecule is CCOC(OCC)(P=O)c1ccc(C[C@H](NC(=O)OCC2c3ccccc3-c3ccccc32)C(=O)O)cc1. The number of aliphatic carboxylic acids is 1. The number of ether oxygens (including phenoxy) is 3. The summed E-state index contributed by atoms with van der Waals surface area (Å²) in [6, 6.07) is 21.5. The highest BCUT2D eigenvalue weighted by Crippen LogP contribution is 2.44. The van der Waals surface area contributed by atoms with E-state index < -0.39 is 23.6 Å². The fourth-order valence-electron chi connectivity index (χ4n) is 4.77. The van der Waals surface area contributed by atoms with Gasteiger partial charge in [0.2, 0.25) is 8.46 Å². The first-order valence-electron chi connectivity index (χ1n) is 12.5. The van der Waals surface area contributed by atoms with Crippen molar-refractivity contribution < 1.29 is 33.5 Å². The fourth-order valence-corrected chi connectivity index (χ4v) is 5.39. The quantitative estimate of drug-likeness (QED) is 0.226. The van der Waals surface area contributed by atoms with Crippen molar-refractivity contribution in [3.05, 3.63) is 95.1 Å². The van der Waals surface area contributed by atoms with Gasteiger partial charge in [0.05, 0.1) is 0 Å². The number of alkyl carbamates (subject to hydrolysis) is 1. The van der Waals surface area contributed by atoms with Crippen molar-refractivity contribution in [2.75, 3.05) is 19.8 Å². The van der Waals surface area contributed by atoms with Crippen molar-refractivity contribution in [2.45, 2.75) is 37.8 Å². The van der Waals surface area contributed by atoms with Gasteiger partial charge in [-0.15, -0.1) is 0 Å². The minimum absolute atomic E-state index is 0.0329. The molecule has 3 aromatic rings. The van der Waals surface area contributed by atoms with Gasteiger partial charge in [-0.25, -0.2) is 9.59 Å². The number of benzene rings is 3. The standard InChI is InChI=1S/C29H30NO7P/c1-3-36-29(38-34,37-4-2)20-15-13-19(14-16-20)17-26(27(31)32)30-28(33)35-18-25-23-11-7-5-9-21(23)22-10-6-8-12-24(22)25/h5-16,25-26H,3-4,17-18H2,1-2H3,(H,30,33)(H,31,32)/t26-/m0/s1. The van der Waals surface area contributed by atoms with E-state index in [0.29, 0.717) is 24.3 Å². The molecule has 0 saturated carbocycles. The normalized spacial score (nSPS) is 13.5. The number of carboxylic acid groups (broad SMARTS) is 1. The Hall–Kier alpha value is -3.58. The van der Waals surface area contributed by atoms with Gasteiger partial charge in [-0.2, -0.15) is 0 Å². The van der Waals surface area contributed by atoms with Gasteiger partial charge < -0.3 is 24.6 Å². The number of hydrogen-bond acceptors (Lipinski definition) is 6. The minimum Gasteiger partial charge on any atom is -0.480 e. The van der Waals surface area contributed by atoms with Crippen LogP contribution in [0.15, 0.2) is 72.8 Å². The highest BCUT2D eigenvalue weighted by molar-refractivity contribution is 7.24. The number of hydrogen-bond donors (Lipinski definition) is 2. The summed E-state index contributed by atoms with van der Waals surface area (Å²) in [5, 5.41) is 12.2. The van der Waals surface area contributed by atoms with Gasteiger partial charge in [0.1, 0.15) is 12.6 Å². The van der Waals surface area contributed by atoms with E-state index in [1.807, 2.05) is 48.5 Å². The first-order valence-corrected chi connectivity index (χ1v) is 13.3. The highest BCUT2D eigenvalue weighted by Gasteiger charge is 2.35. The van der Waals surface area contributed by atoms with Crippen molar-refractivity contribution in [1.82, 2.24) is 5.32 Å². The average molecular weight is 536 g/mol. The average Bonchev–Trinajstić information content (AvgIpc) is 3.25. The summed E-state index contributed by atoms with van der Waals surface area (Å²) in [7, 11) is -0.345. The number of carboxylic acids is 1. The monoisotopic (exact) mass is 535 g/mol. The van der Waals surface area contributed by atoms with Crippen LogP contribution < -0.4 is 5.32 Å². The molecule has 0 aliphatic heterocycles. The Labute approximate surface area is 223 Å². The zero-order valence-corrected chi connectivity index (χ0v) is 22.1. The van der Waals surface area contributed by atoms with Crippen LogP contribution in [0.4, 0.5) is 4.79 Å². The van der Waals surface area contributed by atoms with Gasteiger partial charge in [-0.3, -0.25) is 4.57 Å². The Bertz CT molecular complexity index is 1240. The zero-order valence-electron chi connectivity index (χ0n) is 21.3. The maximum atomic E-state index is 12.6. The van der Waals surface area contributed by atoms with Crippen LogP contribution in [0.3, 0.4) is 0 Å². The maximum absolute atomic E-state index is 12.6. The molecule has 1 aliphatic carbocycles. The van der Waals surface area contributed by atoms with E-state index >= 15 is 0 Å². The third kappa shape index (κ3) is 5.78. The molecule has 2 N–H and O–H groups in total. The van der Waals surface area contributed by atoms with Crippen LogP contribution in [0, 0.1) is 0 Å². The summed E-state index contributed by atoms with van der Waals surface area (Å²) < 4.78 is 28.6. The summed E-state index contributed by atoms with van der Waals surface area (Å²) in [5.74, 6) is -1.31. The molecule has 1 aliphatic rings. The van der Waals surface area contributed by atoms with Crippen molar-refractivity contribution >= 4 is 20.5 Å². The Morgan fingerprint density at radius 3 is 1.97 bits per heavy atom. The molecule has 0 radical (unpaired) electrons. The number of carbonyl (C=O) groups is 2. The third-order valence-corrected chi connectivity index (χ3v) is 7.25. The first kappa shape index (κ1) is 27.5. The van der Waals surface area contributed by atoms with E-state index in [0.717, 1.165) is 22.3 Å². The third-order valence-electron chi connectivity index (χ3n) is 6.49. The Balaban J connectivity index is 1.41. The van der Waals surface area contributed by atoms with Crippen LogP contribution in [0.25, 0.3) is 11.1 Å². The molecule has 4 rings (SSSR count). The molecular weight excluding hydrogens is 505 g/mol. The molecule has 0 aromatic heterocycles. The number of fused-ring (bicyclic) bond motifs is 3. The van der Waals surface area contributed by atoms with E-state index in [9.17, 15) is 19.3 Å². The first-order chi connectivity index (χ1) is 18.4. The molecule has 1 amide bonds. The Morgan fingerprint density at radius 1 is 0.921 bits per heavy atom. The Morgan fingerprint density at radius 2 is 1.47 bits per heavy atom. The summed E-state index contributed by atoms with van der Waals surface area (Å²) in [6.07, 6.45) is -0.765. The van der Waals surface area contributed by atoms with Crippen molar-refractivity contribution in [1.29, 1.82) is 0 Å². The summed E-state index contributed by atoms with van der Waals surface area (Å²) in [5.41, 5.74) is 4.14. The number of carbonyl (C=O) groups excluding carboxylic acids is 1. The van der Waals surface area contributed by atoms with Gasteiger partial charge in [0, 0.05) is 31.1 Å². The number of rotatable bonds is 12. The molecule has 0 unspecified atom stereocenters. The number of amides is 1. The van der Waals surface area contributed by atoms with Crippen LogP contribution in [0.1, 0.15) is 42.0 Å². The largest absolute Gasteiger partial charge is 0.480 e. The van der Waals surface area contributed by atoms with E-state index in [2.05, 4.69) is 5.32 Å². The van der Waals surface area contributed by atoms with Crippen molar-refractivity contribution in [3.63, 3.8) is 0 Å². The molecule has 0 bridgehead atoms. The van der Waals surface area contributed by atoms with Gasteiger partial charge >= 0.3 is 12.1 Å². The molecule has 38 heavy (non-hydrogen) atoms. The molecule has 0 fully saturated rings. The molecule has 0 heterocycles. The lowest BCUT2D eigenvalue weighted by Crippen LogP contribution is -2.42. The molecule has 9 heteroatoms. The molecule has 1 atom stereocenters. The van der Waals surface area contributed by atoms with E-state index in [4.69, 9.17) is 14.2 Å². The topological polar surface area (TPSA) is 111 Å². The number of nitrogens with one attached hydrogen (secondary N) is 1. The van der Waals surface area contributed by atoms with Crippen LogP contribution in [0.2, 0.25) is 0 Å². The lowest BCUT2D eigenvalue weighted by Gasteiger charge is -2.26. The molecule has 3 aromatic carbocycles. The molecule has 0 spiro atoms. The molecular formula is C29H30NO7P. The second-order valence-corrected chi connectivity index (χ2v) is 9.57. The molecule has 8 nitrogen and oxygen atoms in total. The predicted octanol–water partition coefficient (Wildman–Crippen LogP) is 5.70.